The summed E-state index contributed by atoms with van der Waals surface area (Å²) < 4.78 is 2.94. The van der Waals surface area contributed by atoms with Crippen molar-refractivity contribution in [1.29, 1.82) is 0 Å². The van der Waals surface area contributed by atoms with E-state index in [-0.39, 0.29) is 46.5 Å². The quantitative estimate of drug-likeness (QED) is 0.0282. The normalized spacial score (nSPS) is 13.4. The number of aliphatic hydroxyl groups excluding tert-OH is 1. The smallest absolute Gasteiger partial charge is 0.303 e. The number of aromatic nitrogens is 6. The Balaban J connectivity index is 1.30. The summed E-state index contributed by atoms with van der Waals surface area (Å²) >= 11 is 0. The maximum absolute atomic E-state index is 14.7. The number of rotatable bonds is 26. The third-order valence-corrected chi connectivity index (χ3v) is 9.80. The fourth-order valence-corrected chi connectivity index (χ4v) is 6.88. The molecule has 0 unspecified atom stereocenters. The molecule has 0 bridgehead atoms. The molecule has 0 fully saturated rings. The average Bonchev–Trinajstić information content (AvgIpc) is 3.79. The molecule has 13 nitrogen and oxygen atoms in total. The van der Waals surface area contributed by atoms with Crippen LogP contribution < -0.4 is 10.6 Å². The number of hydrogen-bond acceptors (Lipinski definition) is 10. The predicted molar refractivity (Wildman–Crippen MR) is 210 cm³/mol. The van der Waals surface area contributed by atoms with Gasteiger partial charge >= 0.3 is 5.97 Å². The van der Waals surface area contributed by atoms with Gasteiger partial charge in [0.2, 0.25) is 11.6 Å². The van der Waals surface area contributed by atoms with Crippen molar-refractivity contribution in [2.75, 3.05) is 13.1 Å². The van der Waals surface area contributed by atoms with Crippen LogP contribution in [-0.4, -0.2) is 70.8 Å². The number of fused-ring (bicyclic) bond motifs is 2. The standard InChI is InChI=1S/C41H54N8O5/c1-30(50)22-14-10-6-2-4-8-12-20-28-42-36-38(48-33-25-18-16-23-31(33)44-46-48)41(54)37(43-29-21-13-9-5-3-7-11-15-27-35(51)52)39(40(36)53)49-34-26-19-17-24-32(34)45-47-49/h16-19,23-26,42-43,50H,1-15,20-22,27-29H2,(H,51,52). The summed E-state index contributed by atoms with van der Waals surface area (Å²) in [7, 11) is 0. The van der Waals surface area contributed by atoms with Crippen molar-refractivity contribution in [3.8, 4) is 0 Å². The number of unbranched alkanes of at least 4 members (excludes halogenated alkanes) is 14. The first-order valence-corrected chi connectivity index (χ1v) is 19.6. The van der Waals surface area contributed by atoms with E-state index in [0.29, 0.717) is 48.0 Å². The van der Waals surface area contributed by atoms with Gasteiger partial charge in [0.25, 0.3) is 0 Å². The molecule has 2 aromatic carbocycles. The minimum absolute atomic E-state index is 0.121. The summed E-state index contributed by atoms with van der Waals surface area (Å²) in [5.74, 6) is -1.25. The van der Waals surface area contributed by atoms with Crippen molar-refractivity contribution >= 4 is 51.0 Å². The lowest BCUT2D eigenvalue weighted by Gasteiger charge is -2.25. The molecule has 0 saturated heterocycles. The van der Waals surface area contributed by atoms with Crippen LogP contribution >= 0.6 is 0 Å². The Bertz CT molecular complexity index is 1820. The number of aliphatic hydroxyl groups is 1. The molecule has 1 aliphatic carbocycles. The third-order valence-electron chi connectivity index (χ3n) is 9.80. The van der Waals surface area contributed by atoms with E-state index in [1.807, 2.05) is 48.5 Å². The fraction of sp³-hybridized carbons (Fsp3) is 0.488. The van der Waals surface area contributed by atoms with Crippen LogP contribution in [0, 0.1) is 0 Å². The zero-order valence-corrected chi connectivity index (χ0v) is 31.3. The molecular weight excluding hydrogens is 685 g/mol. The van der Waals surface area contributed by atoms with Gasteiger partial charge in [0.1, 0.15) is 33.8 Å². The van der Waals surface area contributed by atoms with Crippen LogP contribution in [0.5, 0.6) is 0 Å². The van der Waals surface area contributed by atoms with E-state index >= 15 is 0 Å². The number of nitrogens with zero attached hydrogens (tertiary/aromatic N) is 6. The van der Waals surface area contributed by atoms with Gasteiger partial charge in [0, 0.05) is 25.9 Å². The van der Waals surface area contributed by atoms with Gasteiger partial charge in [0.15, 0.2) is 0 Å². The molecule has 0 aliphatic heterocycles. The van der Waals surface area contributed by atoms with E-state index in [2.05, 4.69) is 37.8 Å². The Morgan fingerprint density at radius 2 is 0.926 bits per heavy atom. The van der Waals surface area contributed by atoms with Crippen molar-refractivity contribution < 1.29 is 24.6 Å². The lowest BCUT2D eigenvalue weighted by atomic mass is 9.97. The molecule has 4 N–H and O–H groups in total. The zero-order valence-electron chi connectivity index (χ0n) is 31.3. The highest BCUT2D eigenvalue weighted by molar-refractivity contribution is 6.44. The Hall–Kier alpha value is -5.33. The van der Waals surface area contributed by atoms with Gasteiger partial charge in [-0.3, -0.25) is 14.4 Å². The number of carbonyl (C=O) groups is 3. The summed E-state index contributed by atoms with van der Waals surface area (Å²) in [4.78, 5) is 40.2. The van der Waals surface area contributed by atoms with E-state index in [1.54, 1.807) is 0 Å². The lowest BCUT2D eigenvalue weighted by molar-refractivity contribution is -0.137. The van der Waals surface area contributed by atoms with Gasteiger partial charge in [-0.2, -0.15) is 0 Å². The van der Waals surface area contributed by atoms with Gasteiger partial charge in [0.05, 0.1) is 16.8 Å². The molecule has 2 heterocycles. The number of nitrogens with one attached hydrogen (secondary N) is 2. The van der Waals surface area contributed by atoms with Gasteiger partial charge < -0.3 is 20.8 Å². The lowest BCUT2D eigenvalue weighted by Crippen LogP contribution is -2.39. The van der Waals surface area contributed by atoms with Crippen molar-refractivity contribution in [3.63, 3.8) is 0 Å². The maximum atomic E-state index is 14.7. The molecule has 4 aromatic rings. The van der Waals surface area contributed by atoms with E-state index in [0.717, 1.165) is 96.3 Å². The Morgan fingerprint density at radius 3 is 1.33 bits per heavy atom. The number of carbonyl (C=O) groups excluding carboxylic acids is 2. The number of carboxylic acid groups (broad SMARTS) is 1. The second kappa shape index (κ2) is 20.8. The number of benzene rings is 2. The average molecular weight is 739 g/mol. The number of para-hydroxylation sites is 2. The van der Waals surface area contributed by atoms with Crippen LogP contribution in [0.2, 0.25) is 0 Å². The van der Waals surface area contributed by atoms with Crippen LogP contribution in [0.3, 0.4) is 0 Å². The third kappa shape index (κ3) is 10.9. The minimum atomic E-state index is -0.743. The second-order valence-electron chi connectivity index (χ2n) is 14.1. The fourth-order valence-electron chi connectivity index (χ4n) is 6.88. The zero-order chi connectivity index (χ0) is 38.1. The second-order valence-corrected chi connectivity index (χ2v) is 14.1. The maximum Gasteiger partial charge on any atom is 0.303 e. The number of hydrogen-bond donors (Lipinski definition) is 4. The summed E-state index contributed by atoms with van der Waals surface area (Å²) in [6.07, 6.45) is 16.7. The molecule has 288 valence electrons. The Morgan fingerprint density at radius 1 is 0.556 bits per heavy atom. The van der Waals surface area contributed by atoms with Crippen LogP contribution in [-0.2, 0) is 14.4 Å². The van der Waals surface area contributed by atoms with Gasteiger partial charge in [-0.1, -0.05) is 118 Å². The first-order valence-electron chi connectivity index (χ1n) is 19.6. The molecule has 0 spiro atoms. The van der Waals surface area contributed by atoms with Gasteiger partial charge in [-0.15, -0.1) is 10.2 Å². The topological polar surface area (TPSA) is 177 Å². The molecule has 0 radical (unpaired) electrons. The van der Waals surface area contributed by atoms with Crippen molar-refractivity contribution in [2.45, 2.75) is 116 Å². The molecule has 13 heteroatoms. The van der Waals surface area contributed by atoms with Gasteiger partial charge in [-0.05, 0) is 49.9 Å². The SMILES string of the molecule is C=C(O)CCCCCCCCCCNC1=C(n2nnc3ccccc32)C(=O)C(NCCCCCCCCCCC(=O)O)=C(n2nnc3ccccc32)C1=O. The number of allylic oxidation sites excluding steroid dienone is 3. The molecule has 0 atom stereocenters. The molecule has 5 rings (SSSR count). The highest BCUT2D eigenvalue weighted by Crippen LogP contribution is 2.31. The molecule has 2 aromatic heterocycles. The van der Waals surface area contributed by atoms with Crippen LogP contribution in [0.25, 0.3) is 33.5 Å². The highest BCUT2D eigenvalue weighted by atomic mass is 16.4. The van der Waals surface area contributed by atoms with Crippen LogP contribution in [0.15, 0.2) is 72.3 Å². The van der Waals surface area contributed by atoms with Crippen molar-refractivity contribution in [3.05, 3.63) is 72.3 Å². The van der Waals surface area contributed by atoms with Crippen molar-refractivity contribution in [2.24, 2.45) is 0 Å². The Labute approximate surface area is 316 Å². The number of aliphatic carboxylic acids is 1. The van der Waals surface area contributed by atoms with Crippen LogP contribution in [0.4, 0.5) is 0 Å². The van der Waals surface area contributed by atoms with E-state index in [4.69, 9.17) is 5.11 Å². The number of carboxylic acids is 1. The van der Waals surface area contributed by atoms with E-state index < -0.39 is 5.97 Å². The first-order chi connectivity index (χ1) is 26.4. The highest BCUT2D eigenvalue weighted by Gasteiger charge is 2.39. The first kappa shape index (κ1) is 39.9. The monoisotopic (exact) mass is 738 g/mol. The summed E-state index contributed by atoms with van der Waals surface area (Å²) in [5.41, 5.74) is 3.01. The largest absolute Gasteiger partial charge is 0.513 e. The molecule has 1 aliphatic rings. The predicted octanol–water partition coefficient (Wildman–Crippen LogP) is 7.72. The minimum Gasteiger partial charge on any atom is -0.513 e. The summed E-state index contributed by atoms with van der Waals surface area (Å²) in [6.45, 7) is 4.53. The van der Waals surface area contributed by atoms with Crippen LogP contribution in [0.1, 0.15) is 116 Å². The molecule has 0 saturated carbocycles. The van der Waals surface area contributed by atoms with E-state index in [1.165, 1.54) is 9.36 Å². The molecule has 54 heavy (non-hydrogen) atoms. The van der Waals surface area contributed by atoms with E-state index in [9.17, 15) is 19.5 Å². The Kier molecular flexibility index (Phi) is 15.3. The van der Waals surface area contributed by atoms with Gasteiger partial charge in [-0.25, -0.2) is 9.36 Å². The molecular formula is C41H54N8O5. The summed E-state index contributed by atoms with van der Waals surface area (Å²) in [6, 6.07) is 14.7. The number of Topliss-reactive ketones (excluding diaryl/α,β-unsaturated/α-hetero) is 2. The van der Waals surface area contributed by atoms with Crippen molar-refractivity contribution in [1.82, 2.24) is 40.6 Å². The number of ketones is 2. The summed E-state index contributed by atoms with van der Waals surface area (Å²) in [5, 5.41) is 42.1. The molecule has 0 amide bonds.